The van der Waals surface area contributed by atoms with Gasteiger partial charge in [-0.15, -0.1) is 6.42 Å². The fourth-order valence-corrected chi connectivity index (χ4v) is 9.85. The van der Waals surface area contributed by atoms with Gasteiger partial charge in [0.2, 0.25) is 5.91 Å². The molecule has 8 atom stereocenters. The highest BCUT2D eigenvalue weighted by Gasteiger charge is 2.59. The molecule has 0 bridgehead atoms. The van der Waals surface area contributed by atoms with E-state index in [1.165, 1.54) is 32.1 Å². The molecule has 0 aromatic rings. The van der Waals surface area contributed by atoms with E-state index in [1.807, 2.05) is 4.90 Å². The number of aliphatic hydroxyl groups excluding tert-OH is 1. The summed E-state index contributed by atoms with van der Waals surface area (Å²) in [7, 11) is 1.68. The van der Waals surface area contributed by atoms with Crippen LogP contribution in [0.4, 0.5) is 0 Å². The first kappa shape index (κ1) is 26.3. The smallest absolute Gasteiger partial charge is 0.222 e. The van der Waals surface area contributed by atoms with Crippen molar-refractivity contribution in [3.63, 3.8) is 0 Å². The van der Waals surface area contributed by atoms with E-state index in [2.05, 4.69) is 32.8 Å². The van der Waals surface area contributed by atoms with Crippen LogP contribution in [0.1, 0.15) is 97.8 Å². The summed E-state index contributed by atoms with van der Waals surface area (Å²) in [5, 5.41) is 10.3. The van der Waals surface area contributed by atoms with Gasteiger partial charge in [-0.2, -0.15) is 0 Å². The molecule has 1 aliphatic heterocycles. The van der Waals surface area contributed by atoms with Gasteiger partial charge in [-0.3, -0.25) is 4.79 Å². The number of carbonyl (C=O) groups is 1. The highest BCUT2D eigenvalue weighted by Crippen LogP contribution is 2.67. The average molecular weight is 496 g/mol. The first-order chi connectivity index (χ1) is 17.2. The lowest BCUT2D eigenvalue weighted by Crippen LogP contribution is -2.50. The number of terminal acetylenes is 1. The van der Waals surface area contributed by atoms with Crippen LogP contribution in [-0.4, -0.2) is 47.8 Å². The zero-order valence-electron chi connectivity index (χ0n) is 23.2. The van der Waals surface area contributed by atoms with Gasteiger partial charge in [-0.1, -0.05) is 38.3 Å². The summed E-state index contributed by atoms with van der Waals surface area (Å²) in [6, 6.07) is 0. The Morgan fingerprint density at radius 2 is 1.92 bits per heavy atom. The van der Waals surface area contributed by atoms with E-state index in [0.29, 0.717) is 42.2 Å². The Kier molecular flexibility index (Phi) is 7.14. The molecule has 1 N–H and O–H groups in total. The molecule has 0 aromatic heterocycles. The van der Waals surface area contributed by atoms with E-state index in [4.69, 9.17) is 11.2 Å². The highest BCUT2D eigenvalue weighted by atomic mass is 16.5. The predicted octanol–water partition coefficient (Wildman–Crippen LogP) is 5.98. The summed E-state index contributed by atoms with van der Waals surface area (Å²) in [5.41, 5.74) is 1.80. The minimum Gasteiger partial charge on any atom is -0.393 e. The number of allylic oxidation sites excluding steroid dienone is 1. The first-order valence-corrected chi connectivity index (χ1v) is 14.8. The minimum absolute atomic E-state index is 0.126. The van der Waals surface area contributed by atoms with Gasteiger partial charge in [0.15, 0.2) is 0 Å². The van der Waals surface area contributed by atoms with Crippen molar-refractivity contribution in [2.24, 2.45) is 40.4 Å². The van der Waals surface area contributed by atoms with Crippen LogP contribution in [0.15, 0.2) is 11.6 Å². The normalized spacial score (nSPS) is 42.4. The Morgan fingerprint density at radius 3 is 2.61 bits per heavy atom. The molecule has 4 fully saturated rings. The van der Waals surface area contributed by atoms with Gasteiger partial charge in [0.1, 0.15) is 5.60 Å². The maximum absolute atomic E-state index is 13.1. The summed E-state index contributed by atoms with van der Waals surface area (Å²) in [6.45, 7) is 8.97. The molecular weight excluding hydrogens is 446 g/mol. The number of piperidine rings is 1. The standard InChI is InChI=1S/C32H49NO3/c1-6-32(36-5)17-19-33(20-18-32)29(35)12-7-22(2)26-10-11-27-25-9-8-23-21-24(34)13-15-30(23,3)28(25)14-16-31(26,27)4/h1,8,22,24-28,34H,7,9-21H2,2-5H3/t22?,24-,25-,26+,27-,28-,30-,31+/m0/s1. The van der Waals surface area contributed by atoms with Crippen molar-refractivity contribution < 1.29 is 14.6 Å². The van der Waals surface area contributed by atoms with Crippen molar-refractivity contribution in [2.45, 2.75) is 110 Å². The number of nitrogens with zero attached hydrogens (tertiary/aromatic N) is 1. The SMILES string of the molecule is C#CC1(OC)CCN(C(=O)CCC(C)[C@H]2CC[C@H]3[C@@H]4CC=C5C[C@@H](O)CC[C@]5(C)[C@H]4CC[C@]23C)CC1. The number of likely N-dealkylation sites (tertiary alicyclic amines) is 1. The monoisotopic (exact) mass is 495 g/mol. The number of ether oxygens (including phenoxy) is 1. The fraction of sp³-hybridized carbons (Fsp3) is 0.844. The van der Waals surface area contributed by atoms with E-state index in [0.717, 1.165) is 62.2 Å². The third-order valence-electron chi connectivity index (χ3n) is 12.2. The Balaban J connectivity index is 1.19. The van der Waals surface area contributed by atoms with Gasteiger partial charge in [0, 0.05) is 39.5 Å². The number of aliphatic hydroxyl groups is 1. The van der Waals surface area contributed by atoms with E-state index >= 15 is 0 Å². The van der Waals surface area contributed by atoms with Crippen LogP contribution in [0.5, 0.6) is 0 Å². The molecule has 3 saturated carbocycles. The lowest BCUT2D eigenvalue weighted by atomic mass is 9.47. The largest absolute Gasteiger partial charge is 0.393 e. The van der Waals surface area contributed by atoms with Crippen LogP contribution >= 0.6 is 0 Å². The summed E-state index contributed by atoms with van der Waals surface area (Å²) in [6.07, 6.45) is 20.9. The van der Waals surface area contributed by atoms with Gasteiger partial charge in [-0.25, -0.2) is 0 Å². The molecule has 36 heavy (non-hydrogen) atoms. The van der Waals surface area contributed by atoms with E-state index in [9.17, 15) is 9.90 Å². The molecule has 200 valence electrons. The molecule has 0 radical (unpaired) electrons. The van der Waals surface area contributed by atoms with Crippen LogP contribution in [-0.2, 0) is 9.53 Å². The molecule has 1 unspecified atom stereocenters. The number of hydrogen-bond donors (Lipinski definition) is 1. The van der Waals surface area contributed by atoms with E-state index in [1.54, 1.807) is 12.7 Å². The molecule has 4 heteroatoms. The van der Waals surface area contributed by atoms with Crippen molar-refractivity contribution in [1.82, 2.24) is 4.90 Å². The van der Waals surface area contributed by atoms with Crippen molar-refractivity contribution in [1.29, 1.82) is 0 Å². The van der Waals surface area contributed by atoms with Gasteiger partial charge >= 0.3 is 0 Å². The van der Waals surface area contributed by atoms with Crippen molar-refractivity contribution in [2.75, 3.05) is 20.2 Å². The summed E-state index contributed by atoms with van der Waals surface area (Å²) >= 11 is 0. The molecule has 1 heterocycles. The molecule has 4 nitrogen and oxygen atoms in total. The lowest BCUT2D eigenvalue weighted by molar-refractivity contribution is -0.135. The third kappa shape index (κ3) is 4.27. The Bertz CT molecular complexity index is 911. The number of amides is 1. The van der Waals surface area contributed by atoms with Crippen molar-refractivity contribution in [3.05, 3.63) is 11.6 Å². The second-order valence-corrected chi connectivity index (χ2v) is 13.6. The number of carbonyl (C=O) groups excluding carboxylic acids is 1. The number of methoxy groups -OCH3 is 1. The van der Waals surface area contributed by atoms with Crippen LogP contribution in [0, 0.1) is 52.8 Å². The van der Waals surface area contributed by atoms with Crippen LogP contribution < -0.4 is 0 Å². The Hall–Kier alpha value is -1.31. The zero-order chi connectivity index (χ0) is 25.7. The van der Waals surface area contributed by atoms with Gasteiger partial charge < -0.3 is 14.7 Å². The van der Waals surface area contributed by atoms with Gasteiger partial charge in [0.05, 0.1) is 6.10 Å². The molecular formula is C32H49NO3. The topological polar surface area (TPSA) is 49.8 Å². The molecule has 5 rings (SSSR count). The van der Waals surface area contributed by atoms with Gasteiger partial charge in [0.25, 0.3) is 0 Å². The second kappa shape index (κ2) is 9.77. The average Bonchev–Trinajstić information content (AvgIpc) is 3.25. The van der Waals surface area contributed by atoms with E-state index < -0.39 is 5.60 Å². The quantitative estimate of drug-likeness (QED) is 0.377. The maximum Gasteiger partial charge on any atom is 0.222 e. The molecule has 5 aliphatic rings. The highest BCUT2D eigenvalue weighted by molar-refractivity contribution is 5.76. The van der Waals surface area contributed by atoms with Crippen molar-refractivity contribution >= 4 is 5.91 Å². The molecule has 0 aromatic carbocycles. The second-order valence-electron chi connectivity index (χ2n) is 13.6. The summed E-state index contributed by atoms with van der Waals surface area (Å²) in [4.78, 5) is 15.1. The maximum atomic E-state index is 13.1. The number of rotatable bonds is 5. The van der Waals surface area contributed by atoms with Crippen LogP contribution in [0.2, 0.25) is 0 Å². The number of hydrogen-bond acceptors (Lipinski definition) is 3. The Morgan fingerprint density at radius 1 is 1.17 bits per heavy atom. The summed E-state index contributed by atoms with van der Waals surface area (Å²) in [5.74, 6) is 6.83. The molecule has 1 amide bonds. The third-order valence-corrected chi connectivity index (χ3v) is 12.2. The molecule has 0 spiro atoms. The minimum atomic E-state index is -0.486. The lowest BCUT2D eigenvalue weighted by Gasteiger charge is -2.58. The van der Waals surface area contributed by atoms with E-state index in [-0.39, 0.29) is 6.10 Å². The first-order valence-electron chi connectivity index (χ1n) is 14.8. The Labute approximate surface area is 219 Å². The predicted molar refractivity (Wildman–Crippen MR) is 144 cm³/mol. The van der Waals surface area contributed by atoms with Crippen LogP contribution in [0.3, 0.4) is 0 Å². The van der Waals surface area contributed by atoms with Gasteiger partial charge in [-0.05, 0) is 98.2 Å². The number of fused-ring (bicyclic) bond motifs is 5. The molecule has 4 aliphatic carbocycles. The summed E-state index contributed by atoms with van der Waals surface area (Å²) < 4.78 is 5.57. The molecule has 1 saturated heterocycles. The van der Waals surface area contributed by atoms with Crippen LogP contribution in [0.25, 0.3) is 0 Å². The van der Waals surface area contributed by atoms with Crippen molar-refractivity contribution in [3.8, 4) is 12.3 Å². The fourth-order valence-electron chi connectivity index (χ4n) is 9.85. The zero-order valence-corrected chi connectivity index (χ0v) is 23.2.